The molecule has 1 aromatic rings. The fourth-order valence-corrected chi connectivity index (χ4v) is 4.11. The van der Waals surface area contributed by atoms with Gasteiger partial charge in [-0.1, -0.05) is 32.9 Å². The van der Waals surface area contributed by atoms with E-state index in [9.17, 15) is 14.7 Å². The number of methoxy groups -OCH3 is 1. The first-order valence-corrected chi connectivity index (χ1v) is 12.4. The van der Waals surface area contributed by atoms with Crippen molar-refractivity contribution in [2.24, 2.45) is 0 Å². The predicted octanol–water partition coefficient (Wildman–Crippen LogP) is 3.28. The summed E-state index contributed by atoms with van der Waals surface area (Å²) in [4.78, 5) is 25.7. The van der Waals surface area contributed by atoms with Crippen LogP contribution >= 0.6 is 0 Å². The Morgan fingerprint density at radius 1 is 1.29 bits per heavy atom. The third kappa shape index (κ3) is 5.05. The normalized spacial score (nSPS) is 20.4. The van der Waals surface area contributed by atoms with E-state index < -0.39 is 20.5 Å². The Hall–Kier alpha value is -2.06. The maximum Gasteiger partial charge on any atom is 0.405 e. The minimum absolute atomic E-state index is 0.0983. The molecular formula is C20H32N2O5Si. The van der Waals surface area contributed by atoms with Crippen LogP contribution < -0.4 is 10.1 Å². The lowest BCUT2D eigenvalue weighted by atomic mass is 9.94. The fraction of sp³-hybridized carbons (Fsp3) is 0.600. The fourth-order valence-electron chi connectivity index (χ4n) is 3.07. The first-order valence-electron chi connectivity index (χ1n) is 9.52. The highest BCUT2D eigenvalue weighted by atomic mass is 28.4. The molecule has 7 nitrogen and oxygen atoms in total. The molecule has 1 aromatic carbocycles. The van der Waals surface area contributed by atoms with Gasteiger partial charge in [-0.15, -0.1) is 0 Å². The summed E-state index contributed by atoms with van der Waals surface area (Å²) in [5, 5.41) is 11.7. The average Bonchev–Trinajstić information content (AvgIpc) is 2.90. The quantitative estimate of drug-likeness (QED) is 0.676. The highest BCUT2D eigenvalue weighted by Gasteiger charge is 2.42. The van der Waals surface area contributed by atoms with Crippen LogP contribution in [0.15, 0.2) is 24.3 Å². The van der Waals surface area contributed by atoms with Crippen molar-refractivity contribution in [1.82, 2.24) is 10.2 Å². The van der Waals surface area contributed by atoms with Crippen molar-refractivity contribution in [3.8, 4) is 5.75 Å². The van der Waals surface area contributed by atoms with Crippen molar-refractivity contribution in [2.45, 2.75) is 50.9 Å². The molecule has 0 aliphatic carbocycles. The van der Waals surface area contributed by atoms with E-state index in [2.05, 4.69) is 39.2 Å². The number of benzene rings is 1. The van der Waals surface area contributed by atoms with Crippen LogP contribution in [0.1, 0.15) is 32.3 Å². The molecule has 0 radical (unpaired) electrons. The van der Waals surface area contributed by atoms with E-state index in [0.29, 0.717) is 19.7 Å². The van der Waals surface area contributed by atoms with Gasteiger partial charge >= 0.3 is 6.09 Å². The monoisotopic (exact) mass is 408 g/mol. The van der Waals surface area contributed by atoms with E-state index >= 15 is 0 Å². The van der Waals surface area contributed by atoms with Gasteiger partial charge in [0, 0.05) is 19.0 Å². The number of carbonyl (C=O) groups excluding carboxylic acids is 1. The molecule has 0 aromatic heterocycles. The van der Waals surface area contributed by atoms with Gasteiger partial charge in [0.1, 0.15) is 11.8 Å². The number of likely N-dealkylation sites (tertiary alicyclic amines) is 1. The molecule has 2 atom stereocenters. The van der Waals surface area contributed by atoms with Crippen LogP contribution in [0.2, 0.25) is 18.1 Å². The van der Waals surface area contributed by atoms with Crippen molar-refractivity contribution >= 4 is 20.3 Å². The highest BCUT2D eigenvalue weighted by molar-refractivity contribution is 6.74. The lowest BCUT2D eigenvalue weighted by Crippen LogP contribution is -2.45. The molecular weight excluding hydrogens is 376 g/mol. The second-order valence-electron chi connectivity index (χ2n) is 8.70. The summed E-state index contributed by atoms with van der Waals surface area (Å²) in [6.07, 6.45) is -1.20. The maximum absolute atomic E-state index is 12.8. The maximum atomic E-state index is 12.8. The molecule has 2 rings (SSSR count). The molecule has 1 aliphatic rings. The molecule has 1 aliphatic heterocycles. The minimum Gasteiger partial charge on any atom is -0.497 e. The first-order chi connectivity index (χ1) is 13.0. The number of ether oxygens (including phenoxy) is 1. The van der Waals surface area contributed by atoms with E-state index in [0.717, 1.165) is 11.3 Å². The molecule has 28 heavy (non-hydrogen) atoms. The Labute approximate surface area is 168 Å². The third-order valence-corrected chi connectivity index (χ3v) is 10.4. The second-order valence-corrected chi connectivity index (χ2v) is 13.5. The van der Waals surface area contributed by atoms with Gasteiger partial charge in [0.25, 0.3) is 0 Å². The van der Waals surface area contributed by atoms with Crippen LogP contribution in [-0.4, -0.2) is 63.2 Å². The van der Waals surface area contributed by atoms with Gasteiger partial charge in [0.2, 0.25) is 5.91 Å². The number of carbonyl (C=O) groups is 2. The van der Waals surface area contributed by atoms with Gasteiger partial charge in [-0.2, -0.15) is 0 Å². The van der Waals surface area contributed by atoms with E-state index in [4.69, 9.17) is 9.16 Å². The van der Waals surface area contributed by atoms with Crippen molar-refractivity contribution < 1.29 is 23.9 Å². The van der Waals surface area contributed by atoms with Crippen LogP contribution in [0, 0.1) is 0 Å². The van der Waals surface area contributed by atoms with Gasteiger partial charge in [0.05, 0.1) is 13.7 Å². The van der Waals surface area contributed by atoms with Crippen molar-refractivity contribution in [2.75, 3.05) is 26.8 Å². The minimum atomic E-state index is -1.90. The number of hydrogen-bond acceptors (Lipinski definition) is 4. The second kappa shape index (κ2) is 8.53. The first kappa shape index (κ1) is 22.2. The van der Waals surface area contributed by atoms with Crippen molar-refractivity contribution in [3.63, 3.8) is 0 Å². The van der Waals surface area contributed by atoms with Crippen LogP contribution in [-0.2, 0) is 9.22 Å². The number of amides is 2. The number of carboxylic acid groups (broad SMARTS) is 1. The molecule has 2 unspecified atom stereocenters. The SMILES string of the molecule is COc1ccc(C2CN(CCO[Si](C)(C)C(C)(C)C)C(=O)C2NC(=O)O)cc1. The average molecular weight is 409 g/mol. The summed E-state index contributed by atoms with van der Waals surface area (Å²) in [5.41, 5.74) is 0.903. The summed E-state index contributed by atoms with van der Waals surface area (Å²) >= 11 is 0. The predicted molar refractivity (Wildman–Crippen MR) is 110 cm³/mol. The Morgan fingerprint density at radius 2 is 1.89 bits per heavy atom. The van der Waals surface area contributed by atoms with Gasteiger partial charge in [-0.3, -0.25) is 4.79 Å². The topological polar surface area (TPSA) is 88.1 Å². The smallest absolute Gasteiger partial charge is 0.405 e. The molecule has 0 spiro atoms. The Balaban J connectivity index is 2.10. The molecule has 8 heteroatoms. The summed E-state index contributed by atoms with van der Waals surface area (Å²) < 4.78 is 11.4. The zero-order valence-corrected chi connectivity index (χ0v) is 18.6. The standard InChI is InChI=1S/C20H32N2O5Si/c1-20(2,3)28(5,6)27-12-11-22-13-16(17(18(22)23)21-19(24)25)14-7-9-15(26-4)10-8-14/h7-10,16-17,21H,11-13H2,1-6H3,(H,24,25). The largest absolute Gasteiger partial charge is 0.497 e. The third-order valence-electron chi connectivity index (χ3n) is 5.85. The zero-order valence-electron chi connectivity index (χ0n) is 17.6. The number of hydrogen-bond donors (Lipinski definition) is 2. The van der Waals surface area contributed by atoms with Crippen molar-refractivity contribution in [1.29, 1.82) is 0 Å². The zero-order chi connectivity index (χ0) is 21.1. The molecule has 2 N–H and O–H groups in total. The van der Waals surface area contributed by atoms with Crippen LogP contribution in [0.3, 0.4) is 0 Å². The van der Waals surface area contributed by atoms with Gasteiger partial charge in [-0.05, 0) is 35.8 Å². The molecule has 1 heterocycles. The molecule has 2 amide bonds. The molecule has 1 fully saturated rings. The van der Waals surface area contributed by atoms with Gasteiger partial charge < -0.3 is 24.5 Å². The molecule has 156 valence electrons. The van der Waals surface area contributed by atoms with Crippen LogP contribution in [0.5, 0.6) is 5.75 Å². The van der Waals surface area contributed by atoms with Crippen molar-refractivity contribution in [3.05, 3.63) is 29.8 Å². The summed E-state index contributed by atoms with van der Waals surface area (Å²) in [7, 11) is -0.305. The lowest BCUT2D eigenvalue weighted by Gasteiger charge is -2.36. The molecule has 1 saturated heterocycles. The summed E-state index contributed by atoms with van der Waals surface area (Å²) in [6.45, 7) is 12.2. The number of rotatable bonds is 7. The van der Waals surface area contributed by atoms with E-state index in [1.54, 1.807) is 12.0 Å². The number of nitrogens with one attached hydrogen (secondary N) is 1. The summed E-state index contributed by atoms with van der Waals surface area (Å²) in [5.74, 6) is 0.264. The van der Waals surface area contributed by atoms with E-state index in [-0.39, 0.29) is 16.9 Å². The molecule has 0 saturated carbocycles. The van der Waals surface area contributed by atoms with Gasteiger partial charge in [-0.25, -0.2) is 4.79 Å². The Kier molecular flexibility index (Phi) is 6.77. The van der Waals surface area contributed by atoms with Crippen LogP contribution in [0.4, 0.5) is 4.79 Å². The van der Waals surface area contributed by atoms with Gasteiger partial charge in [0.15, 0.2) is 8.32 Å². The Morgan fingerprint density at radius 3 is 2.39 bits per heavy atom. The summed E-state index contributed by atoms with van der Waals surface area (Å²) in [6, 6.07) is 6.60. The Bertz CT molecular complexity index is 700. The lowest BCUT2D eigenvalue weighted by molar-refractivity contribution is -0.129. The van der Waals surface area contributed by atoms with E-state index in [1.165, 1.54) is 0 Å². The van der Waals surface area contributed by atoms with E-state index in [1.807, 2.05) is 24.3 Å². The van der Waals surface area contributed by atoms with Crippen LogP contribution in [0.25, 0.3) is 0 Å². The number of nitrogens with zero attached hydrogens (tertiary/aromatic N) is 1. The highest BCUT2D eigenvalue weighted by Crippen LogP contribution is 2.36. The molecule has 0 bridgehead atoms.